The summed E-state index contributed by atoms with van der Waals surface area (Å²) in [5.74, 6) is -0.559. The van der Waals surface area contributed by atoms with Crippen molar-refractivity contribution in [2.24, 2.45) is 0 Å². The van der Waals surface area contributed by atoms with E-state index in [0.29, 0.717) is 13.0 Å². The van der Waals surface area contributed by atoms with Gasteiger partial charge in [-0.1, -0.05) is 6.07 Å². The van der Waals surface area contributed by atoms with Crippen molar-refractivity contribution in [1.82, 2.24) is 5.32 Å². The molecule has 1 saturated heterocycles. The monoisotopic (exact) mass is 301 g/mol. The van der Waals surface area contributed by atoms with Crippen LogP contribution in [0.3, 0.4) is 0 Å². The Morgan fingerprint density at radius 3 is 3.00 bits per heavy atom. The van der Waals surface area contributed by atoms with Crippen LogP contribution in [0.1, 0.15) is 23.7 Å². The zero-order valence-corrected chi connectivity index (χ0v) is 11.5. The number of ether oxygens (including phenoxy) is 2. The third-order valence-corrected chi connectivity index (χ3v) is 3.54. The molecule has 7 heteroatoms. The molecule has 0 radical (unpaired) electrons. The number of carbonyl (C=O) groups excluding carboxylic acids is 1. The number of amides is 1. The molecule has 0 aromatic heterocycles. The molecule has 21 heavy (non-hydrogen) atoms. The first-order valence-corrected chi connectivity index (χ1v) is 6.58. The van der Waals surface area contributed by atoms with E-state index in [1.54, 1.807) is 6.92 Å². The number of nitrogens with one attached hydrogen (secondary N) is 1. The van der Waals surface area contributed by atoms with Gasteiger partial charge in [-0.3, -0.25) is 4.79 Å². The maximum Gasteiger partial charge on any atom is 0.387 e. The van der Waals surface area contributed by atoms with Crippen LogP contribution in [-0.2, 0) is 4.74 Å². The number of hydrogen-bond acceptors (Lipinski definition) is 4. The Labute approximate surface area is 120 Å². The van der Waals surface area contributed by atoms with Crippen molar-refractivity contribution in [1.29, 1.82) is 0 Å². The number of alkyl halides is 2. The minimum Gasteiger partial charge on any atom is -0.435 e. The molecule has 1 amide bonds. The average molecular weight is 301 g/mol. The molecule has 0 spiro atoms. The minimum absolute atomic E-state index is 0.0347. The van der Waals surface area contributed by atoms with E-state index in [2.05, 4.69) is 10.1 Å². The number of halogens is 2. The smallest absolute Gasteiger partial charge is 0.387 e. The van der Waals surface area contributed by atoms with Crippen LogP contribution < -0.4 is 10.1 Å². The third kappa shape index (κ3) is 3.89. The normalized spacial score (nSPS) is 25.1. The van der Waals surface area contributed by atoms with Crippen LogP contribution in [0.4, 0.5) is 8.78 Å². The topological polar surface area (TPSA) is 67.8 Å². The van der Waals surface area contributed by atoms with Crippen molar-refractivity contribution in [2.45, 2.75) is 31.7 Å². The zero-order chi connectivity index (χ0) is 15.5. The maximum absolute atomic E-state index is 12.1. The Morgan fingerprint density at radius 2 is 2.38 bits per heavy atom. The fourth-order valence-corrected chi connectivity index (χ4v) is 2.15. The fraction of sp³-hybridized carbons (Fsp3) is 0.500. The standard InChI is InChI=1S/C14H17F2NO4/c1-9-14(19,5-6-20-9)8-17-12(18)10-3-2-4-11(7-10)21-13(15)16/h2-4,7,9,13,19H,5-6,8H2,1H3,(H,17,18). The minimum atomic E-state index is -2.94. The summed E-state index contributed by atoms with van der Waals surface area (Å²) in [7, 11) is 0. The molecule has 1 aromatic carbocycles. The van der Waals surface area contributed by atoms with Crippen LogP contribution in [-0.4, -0.2) is 42.5 Å². The lowest BCUT2D eigenvalue weighted by molar-refractivity contribution is -0.0498. The number of hydrogen-bond donors (Lipinski definition) is 2. The molecule has 0 bridgehead atoms. The first-order chi connectivity index (χ1) is 9.90. The average Bonchev–Trinajstić information content (AvgIpc) is 2.76. The molecule has 2 atom stereocenters. The van der Waals surface area contributed by atoms with Gasteiger partial charge in [0.15, 0.2) is 0 Å². The van der Waals surface area contributed by atoms with Crippen molar-refractivity contribution in [2.75, 3.05) is 13.2 Å². The summed E-state index contributed by atoms with van der Waals surface area (Å²) in [4.78, 5) is 12.0. The van der Waals surface area contributed by atoms with Crippen LogP contribution in [0.5, 0.6) is 5.75 Å². The lowest BCUT2D eigenvalue weighted by Crippen LogP contribution is -2.47. The molecule has 5 nitrogen and oxygen atoms in total. The highest BCUT2D eigenvalue weighted by atomic mass is 19.3. The second-order valence-corrected chi connectivity index (χ2v) is 4.96. The molecular weight excluding hydrogens is 284 g/mol. The van der Waals surface area contributed by atoms with Crippen LogP contribution >= 0.6 is 0 Å². The second kappa shape index (κ2) is 6.36. The number of aliphatic hydroxyl groups is 1. The Bertz CT molecular complexity index is 512. The molecule has 1 fully saturated rings. The van der Waals surface area contributed by atoms with E-state index in [-0.39, 0.29) is 24.0 Å². The molecular formula is C14H17F2NO4. The number of rotatable bonds is 5. The fourth-order valence-electron chi connectivity index (χ4n) is 2.15. The van der Waals surface area contributed by atoms with E-state index in [1.807, 2.05) is 0 Å². The summed E-state index contributed by atoms with van der Waals surface area (Å²) in [6.45, 7) is -0.741. The Kier molecular flexibility index (Phi) is 4.74. The molecule has 1 heterocycles. The summed E-state index contributed by atoms with van der Waals surface area (Å²) in [5, 5.41) is 12.8. The van der Waals surface area contributed by atoms with E-state index in [9.17, 15) is 18.7 Å². The quantitative estimate of drug-likeness (QED) is 0.866. The van der Waals surface area contributed by atoms with Gasteiger partial charge >= 0.3 is 6.61 Å². The predicted octanol–water partition coefficient (Wildman–Crippen LogP) is 1.56. The van der Waals surface area contributed by atoms with Crippen molar-refractivity contribution in [3.8, 4) is 5.75 Å². The molecule has 0 aliphatic carbocycles. The molecule has 0 saturated carbocycles. The van der Waals surface area contributed by atoms with Gasteiger partial charge in [-0.2, -0.15) is 8.78 Å². The summed E-state index contributed by atoms with van der Waals surface area (Å²) in [5.41, 5.74) is -0.921. The zero-order valence-electron chi connectivity index (χ0n) is 11.5. The Balaban J connectivity index is 1.97. The van der Waals surface area contributed by atoms with E-state index >= 15 is 0 Å². The summed E-state index contributed by atoms with van der Waals surface area (Å²) in [6.07, 6.45) is 0.0643. The highest BCUT2D eigenvalue weighted by Crippen LogP contribution is 2.25. The predicted molar refractivity (Wildman–Crippen MR) is 70.4 cm³/mol. The highest BCUT2D eigenvalue weighted by molar-refractivity contribution is 5.94. The van der Waals surface area contributed by atoms with Gasteiger partial charge in [0.05, 0.1) is 6.10 Å². The van der Waals surface area contributed by atoms with Crippen molar-refractivity contribution in [3.05, 3.63) is 29.8 Å². The van der Waals surface area contributed by atoms with Crippen molar-refractivity contribution >= 4 is 5.91 Å². The van der Waals surface area contributed by atoms with Gasteiger partial charge in [0.2, 0.25) is 0 Å². The lowest BCUT2D eigenvalue weighted by Gasteiger charge is -2.26. The van der Waals surface area contributed by atoms with E-state index in [0.717, 1.165) is 0 Å². The Hall–Kier alpha value is -1.73. The van der Waals surface area contributed by atoms with Crippen molar-refractivity contribution < 1.29 is 28.2 Å². The summed E-state index contributed by atoms with van der Waals surface area (Å²) >= 11 is 0. The van der Waals surface area contributed by atoms with Gasteiger partial charge in [0.25, 0.3) is 5.91 Å². The van der Waals surface area contributed by atoms with Crippen molar-refractivity contribution in [3.63, 3.8) is 0 Å². The lowest BCUT2D eigenvalue weighted by atomic mass is 9.96. The second-order valence-electron chi connectivity index (χ2n) is 4.96. The molecule has 1 aliphatic heterocycles. The third-order valence-electron chi connectivity index (χ3n) is 3.54. The summed E-state index contributed by atoms with van der Waals surface area (Å²) < 4.78 is 33.8. The van der Waals surface area contributed by atoms with Gasteiger partial charge in [0.1, 0.15) is 11.4 Å². The van der Waals surface area contributed by atoms with Gasteiger partial charge < -0.3 is 19.9 Å². The summed E-state index contributed by atoms with van der Waals surface area (Å²) in [6, 6.07) is 5.48. The molecule has 1 aliphatic rings. The molecule has 2 unspecified atom stereocenters. The molecule has 2 rings (SSSR count). The van der Waals surface area contributed by atoms with Gasteiger partial charge in [-0.15, -0.1) is 0 Å². The largest absolute Gasteiger partial charge is 0.435 e. The van der Waals surface area contributed by atoms with Gasteiger partial charge in [0, 0.05) is 25.1 Å². The highest BCUT2D eigenvalue weighted by Gasteiger charge is 2.39. The van der Waals surface area contributed by atoms with Crippen LogP contribution in [0.2, 0.25) is 0 Å². The van der Waals surface area contributed by atoms with Gasteiger partial charge in [-0.05, 0) is 25.1 Å². The first kappa shape index (κ1) is 15.7. The molecule has 2 N–H and O–H groups in total. The molecule has 116 valence electrons. The number of carbonyl (C=O) groups is 1. The van der Waals surface area contributed by atoms with E-state index < -0.39 is 18.1 Å². The molecule has 1 aromatic rings. The SMILES string of the molecule is CC1OCCC1(O)CNC(=O)c1cccc(OC(F)F)c1. The van der Waals surface area contributed by atoms with Crippen LogP contribution in [0.25, 0.3) is 0 Å². The number of benzene rings is 1. The van der Waals surface area contributed by atoms with Gasteiger partial charge in [-0.25, -0.2) is 0 Å². The Morgan fingerprint density at radius 1 is 1.62 bits per heavy atom. The van der Waals surface area contributed by atoms with Crippen LogP contribution in [0.15, 0.2) is 24.3 Å². The van der Waals surface area contributed by atoms with Crippen LogP contribution in [0, 0.1) is 0 Å². The first-order valence-electron chi connectivity index (χ1n) is 6.58. The maximum atomic E-state index is 12.1. The van der Waals surface area contributed by atoms with E-state index in [1.165, 1.54) is 24.3 Å². The van der Waals surface area contributed by atoms with E-state index in [4.69, 9.17) is 4.74 Å².